The Morgan fingerprint density at radius 1 is 1.35 bits per heavy atom. The van der Waals surface area contributed by atoms with Gasteiger partial charge in [-0.2, -0.15) is 11.8 Å². The van der Waals surface area contributed by atoms with Gasteiger partial charge in [-0.3, -0.25) is 0 Å². The van der Waals surface area contributed by atoms with Gasteiger partial charge in [0.2, 0.25) is 0 Å². The Labute approximate surface area is 124 Å². The van der Waals surface area contributed by atoms with Crippen molar-refractivity contribution in [3.8, 4) is 0 Å². The Bertz CT molecular complexity index is 319. The van der Waals surface area contributed by atoms with Crippen LogP contribution in [0, 0.1) is 0 Å². The zero-order valence-electron chi connectivity index (χ0n) is 12.1. The van der Waals surface area contributed by atoms with Crippen molar-refractivity contribution in [1.82, 2.24) is 10.6 Å². The number of carbonyl (C=O) groups excluding carboxylic acids is 1. The zero-order chi connectivity index (χ0) is 15.0. The predicted octanol–water partition coefficient (Wildman–Crippen LogP) is 1.45. The molecule has 0 aromatic heterocycles. The molecule has 0 aliphatic heterocycles. The molecular formula is C13H24N2O4S. The van der Waals surface area contributed by atoms with Gasteiger partial charge in [0.25, 0.3) is 0 Å². The van der Waals surface area contributed by atoms with Crippen molar-refractivity contribution in [2.75, 3.05) is 20.0 Å². The summed E-state index contributed by atoms with van der Waals surface area (Å²) in [5, 5.41) is 15.1. The van der Waals surface area contributed by atoms with Gasteiger partial charge < -0.3 is 20.5 Å². The standard InChI is InChI=1S/C13H24N2O4S/c1-19-8-7-11(12(16)17)15-13(18)14-9-3-5-10(20-2)6-4-9/h9-11H,3-8H2,1-2H3,(H,16,17)(H2,14,15,18). The molecular weight excluding hydrogens is 280 g/mol. The van der Waals surface area contributed by atoms with E-state index in [-0.39, 0.29) is 12.5 Å². The first-order valence-electron chi connectivity index (χ1n) is 6.88. The van der Waals surface area contributed by atoms with E-state index in [2.05, 4.69) is 16.9 Å². The van der Waals surface area contributed by atoms with Crippen LogP contribution in [0.4, 0.5) is 4.79 Å². The van der Waals surface area contributed by atoms with Crippen LogP contribution in [0.5, 0.6) is 0 Å². The number of carboxylic acid groups (broad SMARTS) is 1. The molecule has 2 amide bonds. The minimum Gasteiger partial charge on any atom is -0.480 e. The first-order chi connectivity index (χ1) is 9.56. The van der Waals surface area contributed by atoms with Crippen LogP contribution in [-0.4, -0.2) is 54.4 Å². The van der Waals surface area contributed by atoms with E-state index in [1.165, 1.54) is 7.11 Å². The third-order valence-corrected chi connectivity index (χ3v) is 4.69. The molecule has 0 bridgehead atoms. The van der Waals surface area contributed by atoms with Crippen molar-refractivity contribution in [3.05, 3.63) is 0 Å². The molecule has 1 aliphatic carbocycles. The zero-order valence-corrected chi connectivity index (χ0v) is 12.9. The number of hydrogen-bond donors (Lipinski definition) is 3. The summed E-state index contributed by atoms with van der Waals surface area (Å²) in [7, 11) is 1.50. The van der Waals surface area contributed by atoms with E-state index in [0.29, 0.717) is 11.9 Å². The minimum absolute atomic E-state index is 0.148. The highest BCUT2D eigenvalue weighted by Crippen LogP contribution is 2.26. The van der Waals surface area contributed by atoms with Gasteiger partial charge in [-0.25, -0.2) is 9.59 Å². The van der Waals surface area contributed by atoms with Gasteiger partial charge in [-0.15, -0.1) is 0 Å². The van der Waals surface area contributed by atoms with Gasteiger partial charge in [0, 0.05) is 31.4 Å². The van der Waals surface area contributed by atoms with Crippen LogP contribution in [-0.2, 0) is 9.53 Å². The fraction of sp³-hybridized carbons (Fsp3) is 0.846. The van der Waals surface area contributed by atoms with Crippen molar-refractivity contribution in [3.63, 3.8) is 0 Å². The Morgan fingerprint density at radius 3 is 2.50 bits per heavy atom. The molecule has 0 heterocycles. The van der Waals surface area contributed by atoms with Gasteiger partial charge in [0.05, 0.1) is 0 Å². The normalized spacial score (nSPS) is 23.9. The topological polar surface area (TPSA) is 87.7 Å². The smallest absolute Gasteiger partial charge is 0.326 e. The summed E-state index contributed by atoms with van der Waals surface area (Å²) < 4.78 is 4.84. The molecule has 20 heavy (non-hydrogen) atoms. The maximum atomic E-state index is 11.8. The van der Waals surface area contributed by atoms with E-state index in [1.54, 1.807) is 0 Å². The molecule has 1 aliphatic rings. The number of hydrogen-bond acceptors (Lipinski definition) is 4. The van der Waals surface area contributed by atoms with Crippen LogP contribution >= 0.6 is 11.8 Å². The fourth-order valence-corrected chi connectivity index (χ4v) is 3.06. The first-order valence-corrected chi connectivity index (χ1v) is 8.17. The van der Waals surface area contributed by atoms with Crippen LogP contribution in [0.3, 0.4) is 0 Å². The van der Waals surface area contributed by atoms with Crippen molar-refractivity contribution in [2.24, 2.45) is 0 Å². The van der Waals surface area contributed by atoms with E-state index in [9.17, 15) is 9.59 Å². The molecule has 1 atom stereocenters. The monoisotopic (exact) mass is 304 g/mol. The number of carbonyl (C=O) groups is 2. The Hall–Kier alpha value is -0.950. The molecule has 0 radical (unpaired) electrons. The number of aliphatic carboxylic acids is 1. The molecule has 1 unspecified atom stereocenters. The maximum Gasteiger partial charge on any atom is 0.326 e. The van der Waals surface area contributed by atoms with E-state index in [4.69, 9.17) is 9.84 Å². The number of amides is 2. The molecule has 0 saturated heterocycles. The highest BCUT2D eigenvalue weighted by Gasteiger charge is 2.24. The molecule has 6 nitrogen and oxygen atoms in total. The van der Waals surface area contributed by atoms with Gasteiger partial charge in [0.15, 0.2) is 0 Å². The molecule has 1 rings (SSSR count). The Balaban J connectivity index is 2.32. The SMILES string of the molecule is COCCC(NC(=O)NC1CCC(SC)CC1)C(=O)O. The number of nitrogens with one attached hydrogen (secondary N) is 2. The second-order valence-corrected chi connectivity index (χ2v) is 6.14. The molecule has 3 N–H and O–H groups in total. The highest BCUT2D eigenvalue weighted by molar-refractivity contribution is 7.99. The first kappa shape index (κ1) is 17.1. The average Bonchev–Trinajstić information content (AvgIpc) is 2.44. The van der Waals surface area contributed by atoms with Crippen LogP contribution in [0.25, 0.3) is 0 Å². The van der Waals surface area contributed by atoms with Gasteiger partial charge >= 0.3 is 12.0 Å². The molecule has 116 valence electrons. The summed E-state index contributed by atoms with van der Waals surface area (Å²) in [5.74, 6) is -1.04. The lowest BCUT2D eigenvalue weighted by Crippen LogP contribution is -2.50. The second kappa shape index (κ2) is 9.07. The van der Waals surface area contributed by atoms with Crippen molar-refractivity contribution >= 4 is 23.8 Å². The fourth-order valence-electron chi connectivity index (χ4n) is 2.32. The van der Waals surface area contributed by atoms with Crippen molar-refractivity contribution < 1.29 is 19.4 Å². The third-order valence-electron chi connectivity index (χ3n) is 3.56. The minimum atomic E-state index is -1.04. The van der Waals surface area contributed by atoms with Crippen molar-refractivity contribution in [1.29, 1.82) is 0 Å². The quantitative estimate of drug-likeness (QED) is 0.662. The predicted molar refractivity (Wildman–Crippen MR) is 79.1 cm³/mol. The Morgan fingerprint density at radius 2 is 2.00 bits per heavy atom. The summed E-state index contributed by atoms with van der Waals surface area (Å²) >= 11 is 1.87. The lowest BCUT2D eigenvalue weighted by Gasteiger charge is -2.28. The van der Waals surface area contributed by atoms with E-state index in [1.807, 2.05) is 11.8 Å². The van der Waals surface area contributed by atoms with E-state index >= 15 is 0 Å². The van der Waals surface area contributed by atoms with E-state index in [0.717, 1.165) is 25.7 Å². The largest absolute Gasteiger partial charge is 0.480 e. The summed E-state index contributed by atoms with van der Waals surface area (Å²) in [6.45, 7) is 0.302. The van der Waals surface area contributed by atoms with E-state index < -0.39 is 18.0 Å². The lowest BCUT2D eigenvalue weighted by atomic mass is 9.95. The van der Waals surface area contributed by atoms with Crippen LogP contribution in [0.2, 0.25) is 0 Å². The summed E-state index contributed by atoms with van der Waals surface area (Å²) in [6.07, 6.45) is 6.47. The number of urea groups is 1. The molecule has 1 fully saturated rings. The van der Waals surface area contributed by atoms with Crippen molar-refractivity contribution in [2.45, 2.75) is 49.4 Å². The summed E-state index contributed by atoms with van der Waals surface area (Å²) in [4.78, 5) is 22.8. The van der Waals surface area contributed by atoms with Crippen LogP contribution < -0.4 is 10.6 Å². The van der Waals surface area contributed by atoms with Gasteiger partial charge in [-0.05, 0) is 31.9 Å². The number of thioether (sulfide) groups is 1. The average molecular weight is 304 g/mol. The molecule has 0 spiro atoms. The highest BCUT2D eigenvalue weighted by atomic mass is 32.2. The number of ether oxygens (including phenoxy) is 1. The van der Waals surface area contributed by atoms with Gasteiger partial charge in [-0.1, -0.05) is 0 Å². The van der Waals surface area contributed by atoms with Crippen LogP contribution in [0.1, 0.15) is 32.1 Å². The third kappa shape index (κ3) is 6.00. The Kier molecular flexibility index (Phi) is 7.76. The summed E-state index contributed by atoms with van der Waals surface area (Å²) in [5.41, 5.74) is 0. The van der Waals surface area contributed by atoms with Gasteiger partial charge in [0.1, 0.15) is 6.04 Å². The summed E-state index contributed by atoms with van der Waals surface area (Å²) in [6, 6.07) is -1.16. The second-order valence-electron chi connectivity index (χ2n) is 5.00. The molecule has 1 saturated carbocycles. The number of carboxylic acids is 1. The lowest BCUT2D eigenvalue weighted by molar-refractivity contribution is -0.139. The maximum absolute atomic E-state index is 11.8. The molecule has 0 aromatic carbocycles. The molecule has 0 aromatic rings. The number of methoxy groups -OCH3 is 1. The number of rotatable bonds is 7. The molecule has 7 heteroatoms. The van der Waals surface area contributed by atoms with Crippen LogP contribution in [0.15, 0.2) is 0 Å².